The first-order chi connectivity index (χ1) is 7.34. The maximum absolute atomic E-state index is 10.8. The summed E-state index contributed by atoms with van der Waals surface area (Å²) in [7, 11) is 0. The highest BCUT2D eigenvalue weighted by Gasteiger charge is 1.99. The number of H-pyrrole nitrogens is 1. The molecular formula is C11H11NO2S. The smallest absolute Gasteiger partial charge is 0.280 e. The second-order valence-corrected chi connectivity index (χ2v) is 4.14. The van der Waals surface area contributed by atoms with Crippen LogP contribution in [-0.4, -0.2) is 5.16 Å². The predicted molar refractivity (Wildman–Crippen MR) is 60.8 cm³/mol. The van der Waals surface area contributed by atoms with Crippen LogP contribution in [0.1, 0.15) is 11.3 Å². The molecule has 1 N–H and O–H groups in total. The first-order valence-electron chi connectivity index (χ1n) is 4.63. The molecule has 0 spiro atoms. The molecule has 0 amide bonds. The van der Waals surface area contributed by atoms with Gasteiger partial charge in [0, 0.05) is 11.8 Å². The highest BCUT2D eigenvalue weighted by molar-refractivity contribution is 7.97. The predicted octanol–water partition coefficient (Wildman–Crippen LogP) is 2.40. The van der Waals surface area contributed by atoms with Crippen molar-refractivity contribution < 1.29 is 4.52 Å². The van der Waals surface area contributed by atoms with Crippen molar-refractivity contribution in [1.82, 2.24) is 5.16 Å². The normalized spacial score (nSPS) is 10.4. The number of hydrogen-bond acceptors (Lipinski definition) is 3. The van der Waals surface area contributed by atoms with E-state index in [1.54, 1.807) is 11.8 Å². The molecule has 0 aliphatic heterocycles. The third-order valence-electron chi connectivity index (χ3n) is 1.93. The van der Waals surface area contributed by atoms with E-state index in [1.807, 2.05) is 18.2 Å². The molecule has 3 nitrogen and oxygen atoms in total. The molecule has 0 saturated carbocycles. The van der Waals surface area contributed by atoms with E-state index in [1.165, 1.54) is 11.6 Å². The van der Waals surface area contributed by atoms with E-state index in [2.05, 4.69) is 17.3 Å². The number of aromatic nitrogens is 1. The SMILES string of the molecule is O=c1cc(CSCc2ccccc2)o[nH]1. The number of hydrogen-bond donors (Lipinski definition) is 1. The molecule has 1 aromatic heterocycles. The zero-order valence-corrected chi connectivity index (χ0v) is 8.92. The fraction of sp³-hybridized carbons (Fsp3) is 0.182. The monoisotopic (exact) mass is 221 g/mol. The maximum atomic E-state index is 10.8. The molecule has 0 saturated heterocycles. The van der Waals surface area contributed by atoms with Crippen molar-refractivity contribution in [1.29, 1.82) is 0 Å². The van der Waals surface area contributed by atoms with E-state index in [0.29, 0.717) is 11.5 Å². The lowest BCUT2D eigenvalue weighted by Gasteiger charge is -1.98. The second kappa shape index (κ2) is 4.89. The van der Waals surface area contributed by atoms with Crippen LogP contribution in [0.2, 0.25) is 0 Å². The van der Waals surface area contributed by atoms with Crippen LogP contribution < -0.4 is 5.56 Å². The summed E-state index contributed by atoms with van der Waals surface area (Å²) in [5.74, 6) is 2.34. The largest absolute Gasteiger partial charge is 0.383 e. The van der Waals surface area contributed by atoms with E-state index < -0.39 is 0 Å². The van der Waals surface area contributed by atoms with Crippen LogP contribution in [0.3, 0.4) is 0 Å². The van der Waals surface area contributed by atoms with Gasteiger partial charge in [-0.3, -0.25) is 4.79 Å². The second-order valence-electron chi connectivity index (χ2n) is 3.16. The van der Waals surface area contributed by atoms with Crippen molar-refractivity contribution in [3.63, 3.8) is 0 Å². The molecule has 78 valence electrons. The van der Waals surface area contributed by atoms with Gasteiger partial charge < -0.3 is 4.52 Å². The van der Waals surface area contributed by atoms with Crippen LogP contribution in [0, 0.1) is 0 Å². The summed E-state index contributed by atoms with van der Waals surface area (Å²) in [6.45, 7) is 0. The van der Waals surface area contributed by atoms with Crippen LogP contribution >= 0.6 is 11.8 Å². The average Bonchev–Trinajstić information content (AvgIpc) is 2.66. The van der Waals surface area contributed by atoms with Crippen LogP contribution in [-0.2, 0) is 11.5 Å². The quantitative estimate of drug-likeness (QED) is 0.862. The topological polar surface area (TPSA) is 46.0 Å². The molecule has 4 heteroatoms. The minimum Gasteiger partial charge on any atom is -0.383 e. The molecule has 0 fully saturated rings. The standard InChI is InChI=1S/C11H11NO2S/c13-11-6-10(14-12-11)8-15-7-9-4-2-1-3-5-9/h1-6H,7-8H2,(H,12,13). The van der Waals surface area contributed by atoms with Gasteiger partial charge in [0.2, 0.25) is 0 Å². The van der Waals surface area contributed by atoms with E-state index in [0.717, 1.165) is 5.75 Å². The summed E-state index contributed by atoms with van der Waals surface area (Å²) < 4.78 is 4.94. The fourth-order valence-corrected chi connectivity index (χ4v) is 2.11. The summed E-state index contributed by atoms with van der Waals surface area (Å²) in [5, 5.41) is 2.27. The Labute approximate surface area is 91.5 Å². The van der Waals surface area contributed by atoms with Gasteiger partial charge >= 0.3 is 0 Å². The summed E-state index contributed by atoms with van der Waals surface area (Å²) in [6.07, 6.45) is 0. The Bertz CT molecular complexity index is 461. The van der Waals surface area contributed by atoms with E-state index >= 15 is 0 Å². The molecule has 2 rings (SSSR count). The van der Waals surface area contributed by atoms with E-state index in [9.17, 15) is 4.79 Å². The zero-order chi connectivity index (χ0) is 10.5. The Morgan fingerprint density at radius 3 is 2.67 bits per heavy atom. The number of thioether (sulfide) groups is 1. The minimum absolute atomic E-state index is 0.176. The highest BCUT2D eigenvalue weighted by Crippen LogP contribution is 2.16. The molecule has 0 unspecified atom stereocenters. The van der Waals surface area contributed by atoms with Crippen molar-refractivity contribution in [2.45, 2.75) is 11.5 Å². The molecule has 0 aliphatic rings. The lowest BCUT2D eigenvalue weighted by molar-refractivity contribution is 0.390. The number of nitrogens with one attached hydrogen (secondary N) is 1. The third kappa shape index (κ3) is 3.02. The Morgan fingerprint density at radius 1 is 1.20 bits per heavy atom. The van der Waals surface area contributed by atoms with Crippen molar-refractivity contribution in [2.75, 3.05) is 0 Å². The van der Waals surface area contributed by atoms with Crippen LogP contribution in [0.15, 0.2) is 45.7 Å². The molecule has 1 heterocycles. The molecule has 0 bridgehead atoms. The van der Waals surface area contributed by atoms with Gasteiger partial charge in [-0.1, -0.05) is 30.3 Å². The third-order valence-corrected chi connectivity index (χ3v) is 2.96. The van der Waals surface area contributed by atoms with Crippen molar-refractivity contribution in [3.8, 4) is 0 Å². The molecule has 1 aromatic carbocycles. The molecule has 15 heavy (non-hydrogen) atoms. The molecule has 0 aliphatic carbocycles. The first-order valence-corrected chi connectivity index (χ1v) is 5.79. The van der Waals surface area contributed by atoms with E-state index in [-0.39, 0.29) is 5.56 Å². The van der Waals surface area contributed by atoms with Gasteiger partial charge in [0.25, 0.3) is 5.56 Å². The van der Waals surface area contributed by atoms with Crippen molar-refractivity contribution in [2.24, 2.45) is 0 Å². The number of rotatable bonds is 4. The average molecular weight is 221 g/mol. The lowest BCUT2D eigenvalue weighted by Crippen LogP contribution is -1.92. The Balaban J connectivity index is 1.83. The Kier molecular flexibility index (Phi) is 3.29. The molecule has 2 aromatic rings. The van der Waals surface area contributed by atoms with Gasteiger partial charge in [-0.05, 0) is 5.56 Å². The van der Waals surface area contributed by atoms with Gasteiger partial charge in [-0.15, -0.1) is 11.8 Å². The van der Waals surface area contributed by atoms with Crippen LogP contribution in [0.25, 0.3) is 0 Å². The summed E-state index contributed by atoms with van der Waals surface area (Å²) in [6, 6.07) is 11.7. The number of benzene rings is 1. The van der Waals surface area contributed by atoms with E-state index in [4.69, 9.17) is 4.52 Å². The summed E-state index contributed by atoms with van der Waals surface area (Å²) in [5.41, 5.74) is 1.10. The van der Waals surface area contributed by atoms with Gasteiger partial charge in [0.05, 0.1) is 5.75 Å². The van der Waals surface area contributed by atoms with Crippen LogP contribution in [0.5, 0.6) is 0 Å². The molecule has 0 radical (unpaired) electrons. The lowest BCUT2D eigenvalue weighted by atomic mass is 10.2. The van der Waals surface area contributed by atoms with Gasteiger partial charge in [0.15, 0.2) is 0 Å². The Hall–Kier alpha value is -1.42. The van der Waals surface area contributed by atoms with Gasteiger partial charge in [-0.2, -0.15) is 5.16 Å². The summed E-state index contributed by atoms with van der Waals surface area (Å²) >= 11 is 1.72. The number of aromatic amines is 1. The molecular weight excluding hydrogens is 210 g/mol. The van der Waals surface area contributed by atoms with Crippen molar-refractivity contribution in [3.05, 3.63) is 58.1 Å². The van der Waals surface area contributed by atoms with Crippen molar-refractivity contribution >= 4 is 11.8 Å². The Morgan fingerprint density at radius 2 is 2.00 bits per heavy atom. The minimum atomic E-state index is -0.176. The first kappa shape index (κ1) is 10.1. The zero-order valence-electron chi connectivity index (χ0n) is 8.10. The molecule has 0 atom stereocenters. The van der Waals surface area contributed by atoms with Crippen LogP contribution in [0.4, 0.5) is 0 Å². The summed E-state index contributed by atoms with van der Waals surface area (Å²) in [4.78, 5) is 10.8. The fourth-order valence-electron chi connectivity index (χ4n) is 1.24. The van der Waals surface area contributed by atoms with Gasteiger partial charge in [-0.25, -0.2) is 0 Å². The van der Waals surface area contributed by atoms with Gasteiger partial charge in [0.1, 0.15) is 5.76 Å². The maximum Gasteiger partial charge on any atom is 0.280 e. The highest BCUT2D eigenvalue weighted by atomic mass is 32.2.